The van der Waals surface area contributed by atoms with Crippen molar-refractivity contribution >= 4 is 5.91 Å². The summed E-state index contributed by atoms with van der Waals surface area (Å²) in [7, 11) is 0. The lowest BCUT2D eigenvalue weighted by Crippen LogP contribution is -2.46. The van der Waals surface area contributed by atoms with Gasteiger partial charge < -0.3 is 20.5 Å². The number of carbonyl (C=O) groups is 1. The van der Waals surface area contributed by atoms with Crippen molar-refractivity contribution in [2.45, 2.75) is 33.4 Å². The van der Waals surface area contributed by atoms with E-state index >= 15 is 0 Å². The Morgan fingerprint density at radius 3 is 2.69 bits per heavy atom. The average Bonchev–Trinajstić information content (AvgIpc) is 2.83. The second kappa shape index (κ2) is 7.38. The zero-order valence-corrected chi connectivity index (χ0v) is 15.5. The number of phenols is 1. The molecule has 1 atom stereocenters. The van der Waals surface area contributed by atoms with Crippen molar-refractivity contribution in [3.63, 3.8) is 0 Å². The number of benzene rings is 2. The Balaban J connectivity index is 1.98. The quantitative estimate of drug-likeness (QED) is 0.888. The van der Waals surface area contributed by atoms with Crippen LogP contribution in [0.3, 0.4) is 0 Å². The molecule has 1 aliphatic heterocycles. The van der Waals surface area contributed by atoms with Gasteiger partial charge >= 0.3 is 0 Å². The molecule has 138 valence electrons. The highest BCUT2D eigenvalue weighted by atomic mass is 16.5. The van der Waals surface area contributed by atoms with E-state index < -0.39 is 6.04 Å². The molecule has 26 heavy (non-hydrogen) atoms. The predicted octanol–water partition coefficient (Wildman–Crippen LogP) is 3.07. The molecule has 0 saturated heterocycles. The van der Waals surface area contributed by atoms with Gasteiger partial charge in [-0.25, -0.2) is 0 Å². The van der Waals surface area contributed by atoms with Crippen molar-refractivity contribution in [1.82, 2.24) is 4.90 Å². The fourth-order valence-electron chi connectivity index (χ4n) is 3.24. The molecule has 0 fully saturated rings. The number of nitrogens with zero attached hydrogens (tertiary/aromatic N) is 1. The second-order valence-corrected chi connectivity index (χ2v) is 7.18. The van der Waals surface area contributed by atoms with Gasteiger partial charge in [0.25, 0.3) is 0 Å². The Morgan fingerprint density at radius 2 is 2.00 bits per heavy atom. The normalized spacial score (nSPS) is 15.2. The van der Waals surface area contributed by atoms with Gasteiger partial charge in [0.05, 0.1) is 12.6 Å². The third-order valence-corrected chi connectivity index (χ3v) is 4.89. The minimum absolute atomic E-state index is 0.0675. The van der Waals surface area contributed by atoms with E-state index in [1.807, 2.05) is 51.1 Å². The number of hydrogen-bond acceptors (Lipinski definition) is 4. The lowest BCUT2D eigenvalue weighted by atomic mass is 9.97. The van der Waals surface area contributed by atoms with E-state index in [1.54, 1.807) is 11.0 Å². The molecule has 1 amide bonds. The molecular weight excluding hydrogens is 328 g/mol. The van der Waals surface area contributed by atoms with Crippen LogP contribution in [0, 0.1) is 12.8 Å². The summed E-state index contributed by atoms with van der Waals surface area (Å²) in [6.45, 7) is 7.07. The van der Waals surface area contributed by atoms with Crippen molar-refractivity contribution in [3.8, 4) is 22.6 Å². The van der Waals surface area contributed by atoms with Crippen LogP contribution in [-0.4, -0.2) is 35.1 Å². The maximum atomic E-state index is 12.7. The second-order valence-electron chi connectivity index (χ2n) is 7.18. The fraction of sp³-hybridized carbons (Fsp3) is 0.381. The van der Waals surface area contributed by atoms with Crippen molar-refractivity contribution in [3.05, 3.63) is 47.5 Å². The zero-order chi connectivity index (χ0) is 18.8. The number of phenolic OH excluding ortho intramolecular Hbond substituents is 1. The first-order valence-electron chi connectivity index (χ1n) is 8.97. The van der Waals surface area contributed by atoms with Crippen LogP contribution in [0.2, 0.25) is 0 Å². The Morgan fingerprint density at radius 1 is 1.27 bits per heavy atom. The minimum Gasteiger partial charge on any atom is -0.504 e. The van der Waals surface area contributed by atoms with Gasteiger partial charge in [-0.3, -0.25) is 4.79 Å². The molecule has 1 aliphatic rings. The third kappa shape index (κ3) is 3.53. The van der Waals surface area contributed by atoms with Crippen LogP contribution in [0.25, 0.3) is 11.1 Å². The maximum absolute atomic E-state index is 12.7. The molecule has 0 aliphatic carbocycles. The van der Waals surface area contributed by atoms with Crippen molar-refractivity contribution in [2.75, 3.05) is 13.2 Å². The van der Waals surface area contributed by atoms with E-state index in [1.165, 1.54) is 0 Å². The number of aryl methyl sites for hydroxylation is 1. The number of carbonyl (C=O) groups excluding carboxylic acids is 1. The highest BCUT2D eigenvalue weighted by molar-refractivity contribution is 5.82. The van der Waals surface area contributed by atoms with Gasteiger partial charge in [-0.05, 0) is 41.7 Å². The number of nitrogens with two attached hydrogens (primary N) is 1. The first kappa shape index (κ1) is 18.3. The molecule has 0 saturated carbocycles. The highest BCUT2D eigenvalue weighted by Gasteiger charge is 2.27. The van der Waals surface area contributed by atoms with Gasteiger partial charge in [0.2, 0.25) is 5.91 Å². The Hall–Kier alpha value is -2.53. The van der Waals surface area contributed by atoms with E-state index in [-0.39, 0.29) is 17.6 Å². The van der Waals surface area contributed by atoms with E-state index in [0.29, 0.717) is 25.4 Å². The molecule has 1 heterocycles. The van der Waals surface area contributed by atoms with Gasteiger partial charge in [0, 0.05) is 12.1 Å². The fourth-order valence-corrected chi connectivity index (χ4v) is 3.24. The third-order valence-electron chi connectivity index (χ3n) is 4.89. The van der Waals surface area contributed by atoms with Crippen molar-refractivity contribution in [2.24, 2.45) is 11.7 Å². The number of fused-ring (bicyclic) bond motifs is 1. The molecule has 0 bridgehead atoms. The van der Waals surface area contributed by atoms with Gasteiger partial charge in [-0.2, -0.15) is 0 Å². The van der Waals surface area contributed by atoms with Crippen LogP contribution in [0.4, 0.5) is 0 Å². The zero-order valence-electron chi connectivity index (χ0n) is 15.5. The van der Waals surface area contributed by atoms with Crippen LogP contribution >= 0.6 is 0 Å². The smallest absolute Gasteiger partial charge is 0.240 e. The molecule has 3 rings (SSSR count). The molecule has 0 aromatic heterocycles. The van der Waals surface area contributed by atoms with E-state index in [0.717, 1.165) is 22.3 Å². The minimum atomic E-state index is -0.537. The summed E-state index contributed by atoms with van der Waals surface area (Å²) >= 11 is 0. The Labute approximate surface area is 154 Å². The lowest BCUT2D eigenvalue weighted by molar-refractivity contribution is -0.134. The molecule has 2 aromatic rings. The molecule has 2 aromatic carbocycles. The molecular formula is C21H26N2O3. The maximum Gasteiger partial charge on any atom is 0.240 e. The number of amides is 1. The Kier molecular flexibility index (Phi) is 5.18. The lowest BCUT2D eigenvalue weighted by Gasteiger charge is -2.25. The topological polar surface area (TPSA) is 75.8 Å². The average molecular weight is 354 g/mol. The van der Waals surface area contributed by atoms with Gasteiger partial charge in [0.15, 0.2) is 11.5 Å². The number of ether oxygens (including phenoxy) is 1. The van der Waals surface area contributed by atoms with Crippen LogP contribution in [0.5, 0.6) is 11.5 Å². The summed E-state index contributed by atoms with van der Waals surface area (Å²) in [6.07, 6.45) is 0. The Bertz CT molecular complexity index is 817. The van der Waals surface area contributed by atoms with Gasteiger partial charge in [0.1, 0.15) is 6.61 Å². The number of aromatic hydroxyl groups is 1. The first-order chi connectivity index (χ1) is 12.4. The summed E-state index contributed by atoms with van der Waals surface area (Å²) < 4.78 is 5.74. The monoisotopic (exact) mass is 354 g/mol. The standard InChI is InChI=1S/C21H26N2O3/c1-13(2)19(22)21(25)23-8-9-26-20-16(12-23)10-15(11-18(20)24)17-7-5-4-6-14(17)3/h4-7,10-11,13,19,24H,8-9,12,22H2,1-3H3/t19-/m1/s1. The van der Waals surface area contributed by atoms with Crippen LogP contribution in [0.15, 0.2) is 36.4 Å². The summed E-state index contributed by atoms with van der Waals surface area (Å²) in [5.74, 6) is 0.536. The van der Waals surface area contributed by atoms with E-state index in [4.69, 9.17) is 10.5 Å². The summed E-state index contributed by atoms with van der Waals surface area (Å²) in [4.78, 5) is 14.4. The molecule has 0 unspecified atom stereocenters. The molecule has 0 radical (unpaired) electrons. The molecule has 3 N–H and O–H groups in total. The van der Waals surface area contributed by atoms with E-state index in [9.17, 15) is 9.90 Å². The molecule has 0 spiro atoms. The van der Waals surface area contributed by atoms with Gasteiger partial charge in [-0.15, -0.1) is 0 Å². The highest BCUT2D eigenvalue weighted by Crippen LogP contribution is 2.38. The largest absolute Gasteiger partial charge is 0.504 e. The molecule has 5 heteroatoms. The van der Waals surface area contributed by atoms with Crippen molar-refractivity contribution < 1.29 is 14.6 Å². The van der Waals surface area contributed by atoms with E-state index in [2.05, 4.69) is 0 Å². The van der Waals surface area contributed by atoms with Crippen molar-refractivity contribution in [1.29, 1.82) is 0 Å². The number of rotatable bonds is 3. The summed E-state index contributed by atoms with van der Waals surface area (Å²) in [5.41, 5.74) is 9.92. The predicted molar refractivity (Wildman–Crippen MR) is 102 cm³/mol. The van der Waals surface area contributed by atoms with Gasteiger partial charge in [-0.1, -0.05) is 38.1 Å². The first-order valence-corrected chi connectivity index (χ1v) is 8.97. The van der Waals surface area contributed by atoms with Crippen LogP contribution < -0.4 is 10.5 Å². The molecule has 5 nitrogen and oxygen atoms in total. The number of hydrogen-bond donors (Lipinski definition) is 2. The SMILES string of the molecule is Cc1ccccc1-c1cc(O)c2c(c1)CN(C(=O)[C@H](N)C(C)C)CCO2. The van der Waals surface area contributed by atoms with Crippen LogP contribution in [0.1, 0.15) is 25.0 Å². The summed E-state index contributed by atoms with van der Waals surface area (Å²) in [6, 6.07) is 11.2. The van der Waals surface area contributed by atoms with Crippen LogP contribution in [-0.2, 0) is 11.3 Å². The summed E-state index contributed by atoms with van der Waals surface area (Å²) in [5, 5.41) is 10.5.